The molecule has 1 unspecified atom stereocenters. The van der Waals surface area contributed by atoms with Gasteiger partial charge in [-0.15, -0.1) is 0 Å². The minimum atomic E-state index is -1.06. The number of anilines is 2. The lowest BCUT2D eigenvalue weighted by Gasteiger charge is -2.22. The summed E-state index contributed by atoms with van der Waals surface area (Å²) in [5.74, 6) is 1.90. The van der Waals surface area contributed by atoms with Gasteiger partial charge < -0.3 is 14.5 Å². The van der Waals surface area contributed by atoms with Gasteiger partial charge in [0.2, 0.25) is 0 Å². The fourth-order valence-electron chi connectivity index (χ4n) is 4.08. The first-order valence-electron chi connectivity index (χ1n) is 10.7. The van der Waals surface area contributed by atoms with Gasteiger partial charge >= 0.3 is 0 Å². The maximum absolute atomic E-state index is 14.2. The van der Waals surface area contributed by atoms with Crippen molar-refractivity contribution in [1.82, 2.24) is 14.9 Å². The predicted octanol–water partition coefficient (Wildman–Crippen LogP) is 3.97. The van der Waals surface area contributed by atoms with Crippen LogP contribution in [-0.2, 0) is 33.5 Å². The summed E-state index contributed by atoms with van der Waals surface area (Å²) in [5.41, 5.74) is 4.22. The van der Waals surface area contributed by atoms with E-state index in [1.54, 1.807) is 26.2 Å². The molecule has 1 aromatic heterocycles. The number of amides is 1. The number of halogens is 2. The minimum absolute atomic E-state index is 0.0487. The Balaban J connectivity index is 1.54. The van der Waals surface area contributed by atoms with E-state index in [9.17, 15) is 13.4 Å². The second-order valence-corrected chi connectivity index (χ2v) is 10.7. The molecule has 0 fully saturated rings. The van der Waals surface area contributed by atoms with Crippen molar-refractivity contribution >= 4 is 44.1 Å². The molecule has 1 atom stereocenters. The van der Waals surface area contributed by atoms with Gasteiger partial charge in [0, 0.05) is 54.3 Å². The molecule has 1 amide bonds. The number of carbonyl (C=O) groups is 1. The molecule has 0 saturated carbocycles. The molecule has 3 heterocycles. The molecule has 3 aromatic rings. The number of hydrogen-bond acceptors (Lipinski definition) is 6. The van der Waals surface area contributed by atoms with Crippen molar-refractivity contribution in [1.29, 1.82) is 0 Å². The quantitative estimate of drug-likeness (QED) is 0.483. The zero-order valence-electron chi connectivity index (χ0n) is 18.7. The van der Waals surface area contributed by atoms with Crippen LogP contribution in [0.1, 0.15) is 16.8 Å². The highest BCUT2D eigenvalue weighted by molar-refractivity contribution is 9.10. The normalized spacial score (nSPS) is 16.4. The summed E-state index contributed by atoms with van der Waals surface area (Å²) in [5, 5.41) is 0. The standard InChI is InChI=1S/C24H22BrFN4O3S/c1-29(2)22(31)11-33-16-5-3-14-7-8-30(21(14)10-16)24-17-12-34(32)13-20(17)27-23(28-24)15-4-6-18(25)19(26)9-15/h3-6,9-10H,7-8,11-13H2,1-2H3. The van der Waals surface area contributed by atoms with E-state index in [0.717, 1.165) is 28.9 Å². The molecule has 2 aliphatic heterocycles. The smallest absolute Gasteiger partial charge is 0.259 e. The first kappa shape index (κ1) is 22.9. The number of carbonyl (C=O) groups excluding carboxylic acids is 1. The van der Waals surface area contributed by atoms with Gasteiger partial charge in [-0.3, -0.25) is 9.00 Å². The molecule has 176 valence electrons. The predicted molar refractivity (Wildman–Crippen MR) is 132 cm³/mol. The number of benzene rings is 2. The molecule has 2 aromatic carbocycles. The molecule has 2 aliphatic rings. The first-order valence-corrected chi connectivity index (χ1v) is 13.0. The van der Waals surface area contributed by atoms with Crippen molar-refractivity contribution in [3.05, 3.63) is 63.5 Å². The Kier molecular flexibility index (Phi) is 6.11. The van der Waals surface area contributed by atoms with E-state index in [1.165, 1.54) is 11.0 Å². The summed E-state index contributed by atoms with van der Waals surface area (Å²) < 4.78 is 32.7. The lowest BCUT2D eigenvalue weighted by atomic mass is 10.1. The summed E-state index contributed by atoms with van der Waals surface area (Å²) >= 11 is 3.18. The van der Waals surface area contributed by atoms with E-state index >= 15 is 0 Å². The van der Waals surface area contributed by atoms with E-state index in [4.69, 9.17) is 9.72 Å². The van der Waals surface area contributed by atoms with E-state index in [2.05, 4.69) is 25.8 Å². The molecule has 0 radical (unpaired) electrons. The van der Waals surface area contributed by atoms with Gasteiger partial charge in [-0.1, -0.05) is 6.07 Å². The van der Waals surface area contributed by atoms with Gasteiger partial charge in [0.05, 0.1) is 21.7 Å². The molecule has 0 N–H and O–H groups in total. The average Bonchev–Trinajstić information content (AvgIpc) is 3.40. The molecule has 5 rings (SSSR count). The van der Waals surface area contributed by atoms with Crippen LogP contribution in [0.15, 0.2) is 40.9 Å². The van der Waals surface area contributed by atoms with Crippen LogP contribution in [0.4, 0.5) is 15.9 Å². The third-order valence-corrected chi connectivity index (χ3v) is 7.77. The van der Waals surface area contributed by atoms with E-state index in [-0.39, 0.29) is 12.5 Å². The molecule has 0 aliphatic carbocycles. The van der Waals surface area contributed by atoms with Crippen LogP contribution in [0, 0.1) is 5.82 Å². The summed E-state index contributed by atoms with van der Waals surface area (Å²) in [6.45, 7) is 0.645. The lowest BCUT2D eigenvalue weighted by molar-refractivity contribution is -0.130. The SMILES string of the molecule is CN(C)C(=O)COc1ccc2c(c1)N(c1nc(-c3ccc(Br)c(F)c3)nc3c1CS(=O)C3)CC2. The number of aromatic nitrogens is 2. The van der Waals surface area contributed by atoms with Crippen molar-refractivity contribution in [3.63, 3.8) is 0 Å². The molecule has 0 saturated heterocycles. The van der Waals surface area contributed by atoms with Crippen molar-refractivity contribution in [2.45, 2.75) is 17.9 Å². The highest BCUT2D eigenvalue weighted by Crippen LogP contribution is 2.41. The molecule has 34 heavy (non-hydrogen) atoms. The van der Waals surface area contributed by atoms with Crippen molar-refractivity contribution in [2.24, 2.45) is 0 Å². The topological polar surface area (TPSA) is 75.6 Å². The van der Waals surface area contributed by atoms with Gasteiger partial charge in [0.15, 0.2) is 12.4 Å². The molecular weight excluding hydrogens is 523 g/mol. The molecular formula is C24H22BrFN4O3S. The summed E-state index contributed by atoms with van der Waals surface area (Å²) in [6.07, 6.45) is 0.816. The zero-order chi connectivity index (χ0) is 24.0. The Bertz CT molecular complexity index is 1330. The Labute approximate surface area is 207 Å². The Morgan fingerprint density at radius 3 is 2.79 bits per heavy atom. The Morgan fingerprint density at radius 2 is 2.03 bits per heavy atom. The summed E-state index contributed by atoms with van der Waals surface area (Å²) in [7, 11) is 2.32. The highest BCUT2D eigenvalue weighted by atomic mass is 79.9. The Morgan fingerprint density at radius 1 is 1.21 bits per heavy atom. The van der Waals surface area contributed by atoms with E-state index in [1.807, 2.05) is 18.2 Å². The maximum Gasteiger partial charge on any atom is 0.259 e. The van der Waals surface area contributed by atoms with Gasteiger partial charge in [-0.05, 0) is 52.2 Å². The van der Waals surface area contributed by atoms with Gasteiger partial charge in [-0.25, -0.2) is 14.4 Å². The number of ether oxygens (including phenoxy) is 1. The maximum atomic E-state index is 14.2. The third kappa shape index (κ3) is 4.32. The van der Waals surface area contributed by atoms with E-state index < -0.39 is 16.6 Å². The molecule has 10 heteroatoms. The third-order valence-electron chi connectivity index (χ3n) is 5.92. The van der Waals surface area contributed by atoms with Crippen LogP contribution in [0.5, 0.6) is 5.75 Å². The summed E-state index contributed by atoms with van der Waals surface area (Å²) in [4.78, 5) is 25.0. The van der Waals surface area contributed by atoms with Gasteiger partial charge in [-0.2, -0.15) is 0 Å². The van der Waals surface area contributed by atoms with E-state index in [0.29, 0.717) is 45.5 Å². The number of rotatable bonds is 5. The monoisotopic (exact) mass is 544 g/mol. The minimum Gasteiger partial charge on any atom is -0.484 e. The molecule has 0 bridgehead atoms. The number of nitrogens with zero attached hydrogens (tertiary/aromatic N) is 4. The fraction of sp³-hybridized carbons (Fsp3) is 0.292. The second kappa shape index (κ2) is 9.07. The Hall–Kier alpha value is -2.85. The number of fused-ring (bicyclic) bond motifs is 2. The molecule has 7 nitrogen and oxygen atoms in total. The average molecular weight is 545 g/mol. The van der Waals surface area contributed by atoms with Crippen LogP contribution in [0.25, 0.3) is 11.4 Å². The largest absolute Gasteiger partial charge is 0.484 e. The van der Waals surface area contributed by atoms with Crippen molar-refractivity contribution < 1.29 is 18.1 Å². The van der Waals surface area contributed by atoms with Crippen LogP contribution in [0.3, 0.4) is 0 Å². The fourth-order valence-corrected chi connectivity index (χ4v) is 5.59. The lowest BCUT2D eigenvalue weighted by Crippen LogP contribution is -2.27. The summed E-state index contributed by atoms with van der Waals surface area (Å²) in [6, 6.07) is 10.5. The molecule has 0 spiro atoms. The van der Waals surface area contributed by atoms with Crippen LogP contribution in [-0.4, -0.2) is 52.2 Å². The number of hydrogen-bond donors (Lipinski definition) is 0. The van der Waals surface area contributed by atoms with Crippen molar-refractivity contribution in [2.75, 3.05) is 32.1 Å². The van der Waals surface area contributed by atoms with Crippen LogP contribution >= 0.6 is 15.9 Å². The first-order chi connectivity index (χ1) is 16.3. The van der Waals surface area contributed by atoms with Crippen LogP contribution < -0.4 is 9.64 Å². The van der Waals surface area contributed by atoms with Gasteiger partial charge in [0.1, 0.15) is 17.4 Å². The second-order valence-electron chi connectivity index (χ2n) is 8.42. The zero-order valence-corrected chi connectivity index (χ0v) is 21.1. The van der Waals surface area contributed by atoms with Gasteiger partial charge in [0.25, 0.3) is 5.91 Å². The van der Waals surface area contributed by atoms with Crippen molar-refractivity contribution in [3.8, 4) is 17.1 Å². The van der Waals surface area contributed by atoms with Crippen LogP contribution in [0.2, 0.25) is 0 Å². The number of likely N-dealkylation sites (N-methyl/N-ethyl adjacent to an activating group) is 1. The highest BCUT2D eigenvalue weighted by Gasteiger charge is 2.31.